The Balaban J connectivity index is 2.45. The Bertz CT molecular complexity index is 368. The molecule has 0 aromatic carbocycles. The van der Waals surface area contributed by atoms with Crippen LogP contribution < -0.4 is 0 Å². The second-order valence-electron chi connectivity index (χ2n) is 3.98. The van der Waals surface area contributed by atoms with Crippen molar-refractivity contribution in [1.82, 2.24) is 0 Å². The molecular formula is C9H14O4S. The van der Waals surface area contributed by atoms with Crippen LogP contribution in [-0.2, 0) is 14.3 Å². The molecule has 80 valence electrons. The van der Waals surface area contributed by atoms with Crippen molar-refractivity contribution in [2.75, 3.05) is 6.61 Å². The van der Waals surface area contributed by atoms with Crippen molar-refractivity contribution in [2.24, 2.45) is 5.92 Å². The standard InChI is InChI=1S/C9H14O4S/c1-6-5-13-14(11,12)9-4-7(10)2-3-8(6)9/h6-7,10H,2-5H2,1H3/t6-,7-/m1/s1. The zero-order chi connectivity index (χ0) is 10.3. The van der Waals surface area contributed by atoms with E-state index in [4.69, 9.17) is 4.18 Å². The van der Waals surface area contributed by atoms with Gasteiger partial charge in [-0.3, -0.25) is 4.18 Å². The molecule has 0 spiro atoms. The number of aliphatic hydroxyl groups is 1. The molecule has 2 atom stereocenters. The van der Waals surface area contributed by atoms with Gasteiger partial charge in [0.05, 0.1) is 17.6 Å². The Morgan fingerprint density at radius 3 is 2.93 bits per heavy atom. The maximum absolute atomic E-state index is 11.5. The summed E-state index contributed by atoms with van der Waals surface area (Å²) in [6, 6.07) is 0. The Morgan fingerprint density at radius 2 is 2.21 bits per heavy atom. The monoisotopic (exact) mass is 218 g/mol. The van der Waals surface area contributed by atoms with E-state index in [0.717, 1.165) is 5.57 Å². The minimum absolute atomic E-state index is 0.168. The highest BCUT2D eigenvalue weighted by atomic mass is 32.2. The van der Waals surface area contributed by atoms with Crippen molar-refractivity contribution < 1.29 is 17.7 Å². The third kappa shape index (κ3) is 1.60. The molecule has 1 aliphatic heterocycles. The van der Waals surface area contributed by atoms with Gasteiger partial charge in [0.2, 0.25) is 0 Å². The zero-order valence-electron chi connectivity index (χ0n) is 8.06. The smallest absolute Gasteiger partial charge is 0.293 e. The number of hydrogen-bond donors (Lipinski definition) is 1. The molecule has 0 aromatic heterocycles. The van der Waals surface area contributed by atoms with Gasteiger partial charge in [-0.25, -0.2) is 0 Å². The Labute approximate surface area is 83.7 Å². The SMILES string of the molecule is C[C@@H]1COS(=O)(=O)C2=C1CC[C@@H](O)C2. The van der Waals surface area contributed by atoms with Crippen LogP contribution in [0, 0.1) is 5.92 Å². The van der Waals surface area contributed by atoms with E-state index in [-0.39, 0.29) is 18.9 Å². The molecule has 2 aliphatic rings. The lowest BCUT2D eigenvalue weighted by Gasteiger charge is -2.30. The van der Waals surface area contributed by atoms with Gasteiger partial charge in [0.15, 0.2) is 0 Å². The summed E-state index contributed by atoms with van der Waals surface area (Å²) >= 11 is 0. The molecule has 0 fully saturated rings. The second kappa shape index (κ2) is 3.32. The van der Waals surface area contributed by atoms with E-state index >= 15 is 0 Å². The molecule has 0 unspecified atom stereocenters. The van der Waals surface area contributed by atoms with Crippen molar-refractivity contribution in [3.63, 3.8) is 0 Å². The van der Waals surface area contributed by atoms with E-state index in [1.807, 2.05) is 6.92 Å². The molecule has 0 radical (unpaired) electrons. The van der Waals surface area contributed by atoms with E-state index in [1.54, 1.807) is 0 Å². The van der Waals surface area contributed by atoms with E-state index in [1.165, 1.54) is 0 Å². The van der Waals surface area contributed by atoms with Crippen LogP contribution in [0.4, 0.5) is 0 Å². The van der Waals surface area contributed by atoms with Crippen LogP contribution in [0.3, 0.4) is 0 Å². The largest absolute Gasteiger partial charge is 0.393 e. The van der Waals surface area contributed by atoms with Gasteiger partial charge in [-0.05, 0) is 18.4 Å². The number of aliphatic hydroxyl groups excluding tert-OH is 1. The molecule has 0 saturated heterocycles. The molecule has 0 amide bonds. The highest BCUT2D eigenvalue weighted by molar-refractivity contribution is 7.90. The third-order valence-corrected chi connectivity index (χ3v) is 4.37. The van der Waals surface area contributed by atoms with Crippen LogP contribution in [0.25, 0.3) is 0 Å². The average molecular weight is 218 g/mol. The normalized spacial score (nSPS) is 36.7. The summed E-state index contributed by atoms with van der Waals surface area (Å²) in [7, 11) is -3.53. The van der Waals surface area contributed by atoms with Gasteiger partial charge in [0.25, 0.3) is 10.1 Å². The quantitative estimate of drug-likeness (QED) is 0.610. The number of hydrogen-bond acceptors (Lipinski definition) is 4. The van der Waals surface area contributed by atoms with Crippen LogP contribution in [0.2, 0.25) is 0 Å². The first-order chi connectivity index (χ1) is 6.50. The minimum Gasteiger partial charge on any atom is -0.393 e. The molecule has 4 nitrogen and oxygen atoms in total. The lowest BCUT2D eigenvalue weighted by atomic mass is 9.89. The predicted octanol–water partition coefficient (Wildman–Crippen LogP) is 0.781. The molecule has 0 saturated carbocycles. The van der Waals surface area contributed by atoms with E-state index in [9.17, 15) is 13.5 Å². The summed E-state index contributed by atoms with van der Waals surface area (Å²) in [5.74, 6) is 0.168. The van der Waals surface area contributed by atoms with Gasteiger partial charge in [-0.2, -0.15) is 8.42 Å². The van der Waals surface area contributed by atoms with Gasteiger partial charge in [-0.1, -0.05) is 6.92 Å². The summed E-state index contributed by atoms with van der Waals surface area (Å²) in [4.78, 5) is 0.329. The van der Waals surface area contributed by atoms with Crippen LogP contribution in [0.5, 0.6) is 0 Å². The van der Waals surface area contributed by atoms with Crippen LogP contribution in [0.1, 0.15) is 26.2 Å². The molecule has 5 heteroatoms. The first-order valence-electron chi connectivity index (χ1n) is 4.80. The van der Waals surface area contributed by atoms with Crippen LogP contribution >= 0.6 is 0 Å². The first-order valence-corrected chi connectivity index (χ1v) is 6.21. The van der Waals surface area contributed by atoms with Crippen molar-refractivity contribution in [2.45, 2.75) is 32.3 Å². The molecule has 1 aliphatic carbocycles. The van der Waals surface area contributed by atoms with Gasteiger partial charge in [0.1, 0.15) is 0 Å². The van der Waals surface area contributed by atoms with Gasteiger partial charge in [-0.15, -0.1) is 0 Å². The van der Waals surface area contributed by atoms with Crippen molar-refractivity contribution >= 4 is 10.1 Å². The third-order valence-electron chi connectivity index (χ3n) is 2.90. The van der Waals surface area contributed by atoms with Gasteiger partial charge < -0.3 is 5.11 Å². The summed E-state index contributed by atoms with van der Waals surface area (Å²) in [6.45, 7) is 2.21. The molecule has 1 N–H and O–H groups in total. The fourth-order valence-electron chi connectivity index (χ4n) is 2.06. The minimum atomic E-state index is -3.53. The highest BCUT2D eigenvalue weighted by Gasteiger charge is 2.35. The summed E-state index contributed by atoms with van der Waals surface area (Å²) in [5.41, 5.74) is 0.960. The Morgan fingerprint density at radius 1 is 1.50 bits per heavy atom. The predicted molar refractivity (Wildman–Crippen MR) is 50.9 cm³/mol. The fraction of sp³-hybridized carbons (Fsp3) is 0.778. The van der Waals surface area contributed by atoms with Crippen LogP contribution in [0.15, 0.2) is 10.5 Å². The van der Waals surface area contributed by atoms with E-state index in [0.29, 0.717) is 17.7 Å². The van der Waals surface area contributed by atoms with E-state index in [2.05, 4.69) is 0 Å². The maximum Gasteiger partial charge on any atom is 0.293 e. The summed E-state index contributed by atoms with van der Waals surface area (Å²) in [6.07, 6.45) is 1.04. The van der Waals surface area contributed by atoms with Gasteiger partial charge >= 0.3 is 0 Å². The molecule has 2 rings (SSSR count). The molecular weight excluding hydrogens is 204 g/mol. The molecule has 14 heavy (non-hydrogen) atoms. The van der Waals surface area contributed by atoms with E-state index < -0.39 is 16.2 Å². The summed E-state index contributed by atoms with van der Waals surface area (Å²) < 4.78 is 27.8. The first kappa shape index (κ1) is 10.1. The number of rotatable bonds is 0. The highest BCUT2D eigenvalue weighted by Crippen LogP contribution is 2.37. The Hall–Kier alpha value is -0.390. The topological polar surface area (TPSA) is 63.6 Å². The lowest BCUT2D eigenvalue weighted by Crippen LogP contribution is -2.30. The lowest BCUT2D eigenvalue weighted by molar-refractivity contribution is 0.152. The van der Waals surface area contributed by atoms with Crippen molar-refractivity contribution in [3.05, 3.63) is 10.5 Å². The van der Waals surface area contributed by atoms with Gasteiger partial charge in [0, 0.05) is 12.3 Å². The zero-order valence-corrected chi connectivity index (χ0v) is 8.88. The van der Waals surface area contributed by atoms with Crippen molar-refractivity contribution in [3.8, 4) is 0 Å². The summed E-state index contributed by atoms with van der Waals surface area (Å²) in [5, 5.41) is 9.41. The molecule has 1 heterocycles. The second-order valence-corrected chi connectivity index (χ2v) is 5.62. The molecule has 0 bridgehead atoms. The van der Waals surface area contributed by atoms with Crippen molar-refractivity contribution in [1.29, 1.82) is 0 Å². The maximum atomic E-state index is 11.5. The molecule has 0 aromatic rings. The average Bonchev–Trinajstić information content (AvgIpc) is 2.12. The fourth-order valence-corrected chi connectivity index (χ4v) is 3.60. The Kier molecular flexibility index (Phi) is 2.41. The van der Waals surface area contributed by atoms with Crippen LogP contribution in [-0.4, -0.2) is 26.2 Å².